The first-order valence-corrected chi connectivity index (χ1v) is 6.76. The SMILES string of the molecule is C=CC(=O)O/C=C\OOCCOC(=O)C(=O)c1ccc(CO)cc1. The van der Waals surface area contributed by atoms with Gasteiger partial charge in [-0.05, 0) is 5.56 Å². The van der Waals surface area contributed by atoms with E-state index in [9.17, 15) is 14.4 Å². The van der Waals surface area contributed by atoms with E-state index in [1.807, 2.05) is 0 Å². The number of carbonyl (C=O) groups excluding carboxylic acids is 3. The van der Waals surface area contributed by atoms with Gasteiger partial charge in [-0.25, -0.2) is 9.59 Å². The van der Waals surface area contributed by atoms with Crippen LogP contribution in [0.15, 0.2) is 49.4 Å². The number of ether oxygens (including phenoxy) is 2. The number of esters is 2. The van der Waals surface area contributed by atoms with Crippen LogP contribution in [0.1, 0.15) is 15.9 Å². The zero-order valence-corrected chi connectivity index (χ0v) is 12.7. The molecule has 0 unspecified atom stereocenters. The molecule has 0 radical (unpaired) electrons. The molecule has 0 heterocycles. The van der Waals surface area contributed by atoms with Crippen molar-refractivity contribution >= 4 is 17.7 Å². The Morgan fingerprint density at radius 2 is 1.79 bits per heavy atom. The zero-order valence-electron chi connectivity index (χ0n) is 12.7. The van der Waals surface area contributed by atoms with E-state index < -0.39 is 17.7 Å². The highest BCUT2D eigenvalue weighted by molar-refractivity contribution is 6.40. The van der Waals surface area contributed by atoms with Gasteiger partial charge in [0.15, 0.2) is 6.26 Å². The molecule has 0 aromatic heterocycles. The Balaban J connectivity index is 2.22. The molecule has 128 valence electrons. The summed E-state index contributed by atoms with van der Waals surface area (Å²) in [6.07, 6.45) is 2.87. The number of rotatable bonds is 10. The highest BCUT2D eigenvalue weighted by atomic mass is 17.2. The molecule has 1 aromatic rings. The van der Waals surface area contributed by atoms with Crippen LogP contribution >= 0.6 is 0 Å². The molecule has 0 atom stereocenters. The zero-order chi connectivity index (χ0) is 17.8. The van der Waals surface area contributed by atoms with Crippen molar-refractivity contribution in [3.05, 3.63) is 60.6 Å². The van der Waals surface area contributed by atoms with Crippen LogP contribution in [0.5, 0.6) is 0 Å². The summed E-state index contributed by atoms with van der Waals surface area (Å²) in [6.45, 7) is 2.69. The molecule has 0 amide bonds. The molecule has 0 saturated carbocycles. The fourth-order valence-corrected chi connectivity index (χ4v) is 1.37. The van der Waals surface area contributed by atoms with E-state index in [4.69, 9.17) is 9.84 Å². The molecule has 1 N–H and O–H groups in total. The summed E-state index contributed by atoms with van der Waals surface area (Å²) in [4.78, 5) is 43.0. The first-order chi connectivity index (χ1) is 11.6. The summed E-state index contributed by atoms with van der Waals surface area (Å²) < 4.78 is 9.16. The summed E-state index contributed by atoms with van der Waals surface area (Å²) in [7, 11) is 0. The lowest BCUT2D eigenvalue weighted by Crippen LogP contribution is -2.19. The summed E-state index contributed by atoms with van der Waals surface area (Å²) in [5, 5.41) is 8.90. The van der Waals surface area contributed by atoms with Gasteiger partial charge in [0.25, 0.3) is 5.78 Å². The molecule has 0 bridgehead atoms. The molecular formula is C16H16O8. The van der Waals surface area contributed by atoms with E-state index in [0.29, 0.717) is 5.56 Å². The van der Waals surface area contributed by atoms with Crippen molar-refractivity contribution in [3.63, 3.8) is 0 Å². The molecular weight excluding hydrogens is 320 g/mol. The second-order valence-electron chi connectivity index (χ2n) is 4.15. The van der Waals surface area contributed by atoms with Gasteiger partial charge in [-0.3, -0.25) is 4.79 Å². The van der Waals surface area contributed by atoms with Crippen LogP contribution in [0.25, 0.3) is 0 Å². The predicted octanol–water partition coefficient (Wildman–Crippen LogP) is 1.05. The van der Waals surface area contributed by atoms with Gasteiger partial charge in [-0.2, -0.15) is 4.89 Å². The minimum absolute atomic E-state index is 0.137. The van der Waals surface area contributed by atoms with Crippen LogP contribution in [0.2, 0.25) is 0 Å². The topological polar surface area (TPSA) is 108 Å². The van der Waals surface area contributed by atoms with E-state index in [0.717, 1.165) is 18.6 Å². The number of hydrogen-bond donors (Lipinski definition) is 1. The van der Waals surface area contributed by atoms with E-state index in [-0.39, 0.29) is 25.4 Å². The molecule has 8 nitrogen and oxygen atoms in total. The summed E-state index contributed by atoms with van der Waals surface area (Å²) in [5.41, 5.74) is 0.777. The van der Waals surface area contributed by atoms with Gasteiger partial charge < -0.3 is 19.5 Å². The number of Topliss-reactive ketones (excluding diaryl/α,β-unsaturated/α-hetero) is 1. The number of ketones is 1. The van der Waals surface area contributed by atoms with Crippen LogP contribution in [-0.2, 0) is 35.4 Å². The lowest BCUT2D eigenvalue weighted by Gasteiger charge is -2.04. The van der Waals surface area contributed by atoms with Crippen molar-refractivity contribution in [2.24, 2.45) is 0 Å². The minimum atomic E-state index is -1.04. The Bertz CT molecular complexity index is 603. The van der Waals surface area contributed by atoms with Gasteiger partial charge >= 0.3 is 11.9 Å². The Labute approximate surface area is 137 Å². The van der Waals surface area contributed by atoms with Crippen LogP contribution in [-0.4, -0.2) is 36.0 Å². The average molecular weight is 336 g/mol. The van der Waals surface area contributed by atoms with Crippen molar-refractivity contribution in [1.29, 1.82) is 0 Å². The normalized spacial score (nSPS) is 10.2. The van der Waals surface area contributed by atoms with Crippen LogP contribution in [0.4, 0.5) is 0 Å². The highest BCUT2D eigenvalue weighted by Gasteiger charge is 2.17. The maximum Gasteiger partial charge on any atom is 0.379 e. The number of aliphatic hydroxyl groups excluding tert-OH is 1. The number of hydrogen-bond acceptors (Lipinski definition) is 8. The molecule has 1 rings (SSSR count). The van der Waals surface area contributed by atoms with Crippen LogP contribution in [0.3, 0.4) is 0 Å². The summed E-state index contributed by atoms with van der Waals surface area (Å²) in [5.74, 6) is -2.50. The number of aliphatic hydroxyl groups is 1. The van der Waals surface area contributed by atoms with E-state index in [2.05, 4.69) is 21.1 Å². The van der Waals surface area contributed by atoms with Gasteiger partial charge in [-0.15, -0.1) is 0 Å². The largest absolute Gasteiger partial charge is 0.457 e. The third kappa shape index (κ3) is 6.86. The molecule has 24 heavy (non-hydrogen) atoms. The molecule has 0 aliphatic heterocycles. The quantitative estimate of drug-likeness (QED) is 0.0987. The summed E-state index contributed by atoms with van der Waals surface area (Å²) in [6, 6.07) is 5.90. The third-order valence-electron chi connectivity index (χ3n) is 2.51. The second kappa shape index (κ2) is 10.7. The Hall–Kier alpha value is -2.97. The van der Waals surface area contributed by atoms with Crippen molar-refractivity contribution in [2.45, 2.75) is 6.61 Å². The molecule has 0 saturated heterocycles. The van der Waals surface area contributed by atoms with Gasteiger partial charge in [-0.1, -0.05) is 30.8 Å². The van der Waals surface area contributed by atoms with Crippen LogP contribution in [0, 0.1) is 0 Å². The standard InChI is InChI=1S/C16H16O8/c1-2-14(18)21-7-9-23-24-10-8-22-16(20)15(19)13-5-3-12(11-17)4-6-13/h2-7,9,17H,1,8,10-11H2/b9-7-. The molecule has 1 aromatic carbocycles. The number of benzene rings is 1. The van der Waals surface area contributed by atoms with Crippen LogP contribution < -0.4 is 0 Å². The Kier molecular flexibility index (Phi) is 8.51. The Morgan fingerprint density at radius 1 is 1.08 bits per heavy atom. The molecule has 0 aliphatic rings. The van der Waals surface area contributed by atoms with E-state index >= 15 is 0 Å². The predicted molar refractivity (Wildman–Crippen MR) is 80.1 cm³/mol. The lowest BCUT2D eigenvalue weighted by molar-refractivity contribution is -0.255. The van der Waals surface area contributed by atoms with Gasteiger partial charge in [0.1, 0.15) is 19.5 Å². The first kappa shape index (κ1) is 19.1. The fourth-order valence-electron chi connectivity index (χ4n) is 1.37. The molecule has 0 aliphatic carbocycles. The Morgan fingerprint density at radius 3 is 2.42 bits per heavy atom. The van der Waals surface area contributed by atoms with Gasteiger partial charge in [0, 0.05) is 11.6 Å². The van der Waals surface area contributed by atoms with Crippen molar-refractivity contribution in [3.8, 4) is 0 Å². The van der Waals surface area contributed by atoms with Crippen molar-refractivity contribution in [1.82, 2.24) is 0 Å². The van der Waals surface area contributed by atoms with Crippen molar-refractivity contribution in [2.75, 3.05) is 13.2 Å². The summed E-state index contributed by atoms with van der Waals surface area (Å²) >= 11 is 0. The third-order valence-corrected chi connectivity index (χ3v) is 2.51. The number of carbonyl (C=O) groups is 3. The molecule has 0 spiro atoms. The monoisotopic (exact) mass is 336 g/mol. The minimum Gasteiger partial charge on any atom is -0.457 e. The first-order valence-electron chi connectivity index (χ1n) is 6.76. The van der Waals surface area contributed by atoms with E-state index in [1.54, 1.807) is 0 Å². The lowest BCUT2D eigenvalue weighted by atomic mass is 10.1. The fraction of sp³-hybridized carbons (Fsp3) is 0.188. The smallest absolute Gasteiger partial charge is 0.379 e. The maximum absolute atomic E-state index is 11.8. The molecule has 8 heteroatoms. The van der Waals surface area contributed by atoms with Gasteiger partial charge in [0.2, 0.25) is 0 Å². The van der Waals surface area contributed by atoms with E-state index in [1.165, 1.54) is 24.3 Å². The van der Waals surface area contributed by atoms with Gasteiger partial charge in [0.05, 0.1) is 6.61 Å². The maximum atomic E-state index is 11.8. The molecule has 0 fully saturated rings. The second-order valence-corrected chi connectivity index (χ2v) is 4.15. The highest BCUT2D eigenvalue weighted by Crippen LogP contribution is 2.06. The average Bonchev–Trinajstić information content (AvgIpc) is 2.62. The van der Waals surface area contributed by atoms with Crippen molar-refractivity contribution < 1.29 is 38.7 Å².